The van der Waals surface area contributed by atoms with Crippen molar-refractivity contribution in [2.45, 2.75) is 0 Å². The Hall–Kier alpha value is -2.01. The van der Waals surface area contributed by atoms with Gasteiger partial charge in [0.2, 0.25) is 0 Å². The first-order chi connectivity index (χ1) is 9.79. The molecule has 2 N–H and O–H groups in total. The minimum Gasteiger partial charge on any atom is -0.388 e. The minimum absolute atomic E-state index is 1.09. The number of benzene rings is 1. The summed E-state index contributed by atoms with van der Waals surface area (Å²) >= 11 is 0. The zero-order valence-corrected chi connectivity index (χ0v) is 12.2. The van der Waals surface area contributed by atoms with Gasteiger partial charge in [0.05, 0.1) is 0 Å². The van der Waals surface area contributed by atoms with Crippen molar-refractivity contribution in [1.29, 1.82) is 0 Å². The lowest BCUT2D eigenvalue weighted by Crippen LogP contribution is -2.43. The van der Waals surface area contributed by atoms with Crippen molar-refractivity contribution in [2.75, 3.05) is 43.4 Å². The van der Waals surface area contributed by atoms with Crippen molar-refractivity contribution in [3.63, 3.8) is 0 Å². The SMILES string of the molecule is CNc1ccc(N2CCNCC2)cc1.Cn1cccn1. The summed E-state index contributed by atoms with van der Waals surface area (Å²) in [6.07, 6.45) is 3.64. The fraction of sp³-hybridized carbons (Fsp3) is 0.400. The molecule has 0 bridgehead atoms. The molecule has 2 heterocycles. The predicted molar refractivity (Wildman–Crippen MR) is 84.3 cm³/mol. The summed E-state index contributed by atoms with van der Waals surface area (Å²) in [6.45, 7) is 4.40. The van der Waals surface area contributed by atoms with Gasteiger partial charge >= 0.3 is 0 Å². The number of anilines is 2. The van der Waals surface area contributed by atoms with Crippen LogP contribution in [0.3, 0.4) is 0 Å². The van der Waals surface area contributed by atoms with E-state index in [2.05, 4.69) is 44.9 Å². The Balaban J connectivity index is 0.000000205. The quantitative estimate of drug-likeness (QED) is 0.871. The van der Waals surface area contributed by atoms with Crippen LogP contribution in [0.5, 0.6) is 0 Å². The van der Waals surface area contributed by atoms with Crippen molar-refractivity contribution >= 4 is 11.4 Å². The summed E-state index contributed by atoms with van der Waals surface area (Å²) in [4.78, 5) is 2.41. The normalized spacial score (nSPS) is 14.4. The van der Waals surface area contributed by atoms with Crippen LogP contribution in [0.4, 0.5) is 11.4 Å². The lowest BCUT2D eigenvalue weighted by atomic mass is 10.2. The van der Waals surface area contributed by atoms with Crippen molar-refractivity contribution in [3.05, 3.63) is 42.7 Å². The van der Waals surface area contributed by atoms with E-state index in [0.717, 1.165) is 26.2 Å². The van der Waals surface area contributed by atoms with Crippen LogP contribution < -0.4 is 15.5 Å². The molecular weight excluding hydrogens is 250 g/mol. The molecule has 1 saturated heterocycles. The van der Waals surface area contributed by atoms with Gasteiger partial charge in [-0.05, 0) is 30.3 Å². The van der Waals surface area contributed by atoms with Gasteiger partial charge in [-0.25, -0.2) is 0 Å². The molecule has 0 atom stereocenters. The number of piperazine rings is 1. The number of rotatable bonds is 2. The fourth-order valence-electron chi connectivity index (χ4n) is 2.11. The fourth-order valence-corrected chi connectivity index (χ4v) is 2.11. The zero-order chi connectivity index (χ0) is 14.2. The van der Waals surface area contributed by atoms with Crippen LogP contribution in [0.1, 0.15) is 0 Å². The van der Waals surface area contributed by atoms with Gasteiger partial charge in [-0.15, -0.1) is 0 Å². The smallest absolute Gasteiger partial charge is 0.0489 e. The van der Waals surface area contributed by atoms with Crippen LogP contribution >= 0.6 is 0 Å². The van der Waals surface area contributed by atoms with Gasteiger partial charge in [0, 0.05) is 64.0 Å². The second kappa shape index (κ2) is 7.55. The maximum absolute atomic E-state index is 3.83. The minimum atomic E-state index is 1.09. The van der Waals surface area contributed by atoms with Gasteiger partial charge in [-0.2, -0.15) is 5.10 Å². The van der Waals surface area contributed by atoms with Crippen molar-refractivity contribution in [2.24, 2.45) is 7.05 Å². The van der Waals surface area contributed by atoms with Gasteiger partial charge in [0.1, 0.15) is 0 Å². The molecule has 20 heavy (non-hydrogen) atoms. The summed E-state index contributed by atoms with van der Waals surface area (Å²) in [5.41, 5.74) is 2.49. The van der Waals surface area contributed by atoms with E-state index in [4.69, 9.17) is 0 Å². The molecule has 0 spiro atoms. The van der Waals surface area contributed by atoms with E-state index < -0.39 is 0 Å². The highest BCUT2D eigenvalue weighted by Gasteiger charge is 2.09. The average molecular weight is 273 g/mol. The lowest BCUT2D eigenvalue weighted by Gasteiger charge is -2.29. The average Bonchev–Trinajstić information content (AvgIpc) is 3.00. The van der Waals surface area contributed by atoms with E-state index in [9.17, 15) is 0 Å². The van der Waals surface area contributed by atoms with Gasteiger partial charge in [-0.1, -0.05) is 0 Å². The molecule has 0 radical (unpaired) electrons. The van der Waals surface area contributed by atoms with Crippen molar-refractivity contribution in [3.8, 4) is 0 Å². The topological polar surface area (TPSA) is 45.1 Å². The van der Waals surface area contributed by atoms with Gasteiger partial charge in [0.15, 0.2) is 0 Å². The van der Waals surface area contributed by atoms with E-state index in [1.807, 2.05) is 26.4 Å². The van der Waals surface area contributed by atoms with Gasteiger partial charge in [0.25, 0.3) is 0 Å². The molecule has 1 aliphatic rings. The third-order valence-electron chi connectivity index (χ3n) is 3.27. The van der Waals surface area contributed by atoms with E-state index >= 15 is 0 Å². The molecule has 2 aromatic rings. The van der Waals surface area contributed by atoms with Gasteiger partial charge < -0.3 is 15.5 Å². The number of aromatic nitrogens is 2. The molecule has 0 unspecified atom stereocenters. The van der Waals surface area contributed by atoms with E-state index in [-0.39, 0.29) is 0 Å². The van der Waals surface area contributed by atoms with Crippen molar-refractivity contribution < 1.29 is 0 Å². The number of hydrogen-bond acceptors (Lipinski definition) is 4. The molecule has 5 heteroatoms. The van der Waals surface area contributed by atoms with E-state index in [0.29, 0.717) is 0 Å². The molecule has 5 nitrogen and oxygen atoms in total. The number of nitrogens with zero attached hydrogens (tertiary/aromatic N) is 3. The predicted octanol–water partition coefficient (Wildman–Crippen LogP) is 1.56. The second-order valence-corrected chi connectivity index (χ2v) is 4.71. The first kappa shape index (κ1) is 14.4. The monoisotopic (exact) mass is 273 g/mol. The standard InChI is InChI=1S/C11H17N3.C4H6N2/c1-12-10-2-4-11(5-3-10)14-8-6-13-7-9-14;1-6-4-2-3-5-6/h2-5,12-13H,6-9H2,1H3;2-4H,1H3. The van der Waals surface area contributed by atoms with Crippen molar-refractivity contribution in [1.82, 2.24) is 15.1 Å². The largest absolute Gasteiger partial charge is 0.388 e. The third kappa shape index (κ3) is 4.28. The summed E-state index contributed by atoms with van der Waals surface area (Å²) in [5.74, 6) is 0. The number of aryl methyl sites for hydroxylation is 1. The Morgan fingerprint density at radius 2 is 1.85 bits per heavy atom. The Morgan fingerprint density at radius 1 is 1.15 bits per heavy atom. The van der Waals surface area contributed by atoms with Crippen LogP contribution in [-0.4, -0.2) is 43.0 Å². The molecule has 3 rings (SSSR count). The molecule has 1 fully saturated rings. The molecule has 1 aromatic heterocycles. The zero-order valence-electron chi connectivity index (χ0n) is 12.2. The third-order valence-corrected chi connectivity index (χ3v) is 3.27. The van der Waals surface area contributed by atoms with Crippen LogP contribution in [0.2, 0.25) is 0 Å². The highest BCUT2D eigenvalue weighted by atomic mass is 15.2. The summed E-state index contributed by atoms with van der Waals surface area (Å²) in [5, 5.41) is 10.3. The van der Waals surface area contributed by atoms with Crippen LogP contribution in [-0.2, 0) is 7.05 Å². The first-order valence-corrected chi connectivity index (χ1v) is 6.96. The number of hydrogen-bond donors (Lipinski definition) is 2. The molecule has 1 aromatic carbocycles. The highest BCUT2D eigenvalue weighted by molar-refractivity contribution is 5.55. The Bertz CT molecular complexity index is 471. The molecule has 1 aliphatic heterocycles. The summed E-state index contributed by atoms with van der Waals surface area (Å²) in [7, 11) is 3.83. The van der Waals surface area contributed by atoms with E-state index in [1.165, 1.54) is 11.4 Å². The Labute approximate surface area is 120 Å². The first-order valence-electron chi connectivity index (χ1n) is 6.96. The molecule has 0 amide bonds. The Morgan fingerprint density at radius 3 is 2.30 bits per heavy atom. The van der Waals surface area contributed by atoms with Crippen LogP contribution in [0.25, 0.3) is 0 Å². The second-order valence-electron chi connectivity index (χ2n) is 4.71. The lowest BCUT2D eigenvalue weighted by molar-refractivity contribution is 0.589. The molecule has 0 saturated carbocycles. The maximum Gasteiger partial charge on any atom is 0.0489 e. The van der Waals surface area contributed by atoms with Crippen LogP contribution in [0, 0.1) is 0 Å². The summed E-state index contributed by atoms with van der Waals surface area (Å²) < 4.78 is 1.75. The highest BCUT2D eigenvalue weighted by Crippen LogP contribution is 2.17. The molecule has 108 valence electrons. The number of nitrogens with one attached hydrogen (secondary N) is 2. The molecular formula is C15H23N5. The summed E-state index contributed by atoms with van der Waals surface area (Å²) in [6, 6.07) is 10.5. The maximum atomic E-state index is 3.83. The van der Waals surface area contributed by atoms with Gasteiger partial charge in [-0.3, -0.25) is 4.68 Å². The van der Waals surface area contributed by atoms with Crippen LogP contribution in [0.15, 0.2) is 42.7 Å². The Kier molecular flexibility index (Phi) is 5.43. The van der Waals surface area contributed by atoms with E-state index in [1.54, 1.807) is 10.9 Å². The molecule has 0 aliphatic carbocycles.